The lowest BCUT2D eigenvalue weighted by Gasteiger charge is -2.30. The standard InChI is InChI=1S/C29H33N3O5S/c1-19(2)37-29(33)31-21-8-6-20(7-9-21)28-26(17-30)25-11-10-23(16-27(25)32(28)22-4-3-5-22)36-14-15-38(34)24-12-13-35-18-24/h6-11,16,19,22,24H,3-5,12-15,18H2,1-2H3,(H,31,33). The minimum atomic E-state index is -0.967. The minimum Gasteiger partial charge on any atom is -0.616 e. The van der Waals surface area contributed by atoms with Crippen LogP contribution in [0.4, 0.5) is 10.5 Å². The number of rotatable bonds is 9. The first-order valence-corrected chi connectivity index (χ1v) is 14.6. The average Bonchev–Trinajstić information content (AvgIpc) is 3.50. The molecule has 0 radical (unpaired) electrons. The third-order valence-electron chi connectivity index (χ3n) is 7.09. The quantitative estimate of drug-likeness (QED) is 0.348. The lowest BCUT2D eigenvalue weighted by Crippen LogP contribution is -2.27. The summed E-state index contributed by atoms with van der Waals surface area (Å²) in [6.07, 6.45) is 3.39. The van der Waals surface area contributed by atoms with E-state index in [1.807, 2.05) is 42.5 Å². The molecule has 1 aromatic heterocycles. The van der Waals surface area contributed by atoms with Gasteiger partial charge in [0.25, 0.3) is 0 Å². The molecular weight excluding hydrogens is 502 g/mol. The van der Waals surface area contributed by atoms with Gasteiger partial charge in [-0.1, -0.05) is 12.1 Å². The Balaban J connectivity index is 1.41. The minimum absolute atomic E-state index is 0.0973. The molecule has 1 aliphatic carbocycles. The molecule has 1 saturated heterocycles. The van der Waals surface area contributed by atoms with Crippen LogP contribution < -0.4 is 10.1 Å². The van der Waals surface area contributed by atoms with Crippen LogP contribution in [0.3, 0.4) is 0 Å². The van der Waals surface area contributed by atoms with Crippen molar-refractivity contribution in [2.24, 2.45) is 0 Å². The van der Waals surface area contributed by atoms with Gasteiger partial charge in [-0.2, -0.15) is 5.26 Å². The number of hydrogen-bond acceptors (Lipinski definition) is 6. The Hall–Kier alpha value is -3.19. The first-order valence-electron chi connectivity index (χ1n) is 13.2. The van der Waals surface area contributed by atoms with Gasteiger partial charge in [0.2, 0.25) is 0 Å². The van der Waals surface area contributed by atoms with Gasteiger partial charge in [0.15, 0.2) is 0 Å². The van der Waals surface area contributed by atoms with E-state index < -0.39 is 17.3 Å². The maximum absolute atomic E-state index is 12.5. The number of hydrogen-bond donors (Lipinski definition) is 1. The number of carbonyl (C=O) groups is 1. The number of amides is 1. The van der Waals surface area contributed by atoms with Crippen LogP contribution >= 0.6 is 0 Å². The van der Waals surface area contributed by atoms with Gasteiger partial charge in [-0.25, -0.2) is 4.79 Å². The van der Waals surface area contributed by atoms with Gasteiger partial charge in [-0.05, 0) is 74.1 Å². The molecule has 5 rings (SSSR count). The number of anilines is 1. The Labute approximate surface area is 226 Å². The van der Waals surface area contributed by atoms with Crippen LogP contribution in [0.25, 0.3) is 22.2 Å². The summed E-state index contributed by atoms with van der Waals surface area (Å²) in [5.41, 5.74) is 4.00. The highest BCUT2D eigenvalue weighted by Crippen LogP contribution is 2.43. The van der Waals surface area contributed by atoms with E-state index in [1.165, 1.54) is 0 Å². The van der Waals surface area contributed by atoms with Crippen molar-refractivity contribution in [2.45, 2.75) is 56.9 Å². The lowest BCUT2D eigenvalue weighted by molar-refractivity contribution is 0.130. The molecule has 0 spiro atoms. The van der Waals surface area contributed by atoms with Crippen molar-refractivity contribution < 1.29 is 23.6 Å². The molecule has 1 saturated carbocycles. The molecule has 8 nitrogen and oxygen atoms in total. The lowest BCUT2D eigenvalue weighted by atomic mass is 9.92. The monoisotopic (exact) mass is 535 g/mol. The van der Waals surface area contributed by atoms with Crippen molar-refractivity contribution >= 4 is 33.9 Å². The third-order valence-corrected chi connectivity index (χ3v) is 8.77. The molecule has 2 aliphatic rings. The number of benzene rings is 2. The second-order valence-electron chi connectivity index (χ2n) is 10.0. The van der Waals surface area contributed by atoms with Gasteiger partial charge in [0.1, 0.15) is 29.4 Å². The van der Waals surface area contributed by atoms with E-state index in [0.29, 0.717) is 48.6 Å². The Morgan fingerprint density at radius 3 is 2.66 bits per heavy atom. The Morgan fingerprint density at radius 2 is 2.03 bits per heavy atom. The third kappa shape index (κ3) is 5.63. The van der Waals surface area contributed by atoms with Crippen LogP contribution in [0.1, 0.15) is 51.1 Å². The average molecular weight is 536 g/mol. The van der Waals surface area contributed by atoms with E-state index in [1.54, 1.807) is 13.8 Å². The van der Waals surface area contributed by atoms with E-state index in [9.17, 15) is 14.6 Å². The second-order valence-corrected chi connectivity index (χ2v) is 11.9. The van der Waals surface area contributed by atoms with E-state index >= 15 is 0 Å². The Bertz CT molecular complexity index is 1320. The fourth-order valence-corrected chi connectivity index (χ4v) is 6.19. The molecule has 2 unspecified atom stereocenters. The zero-order valence-corrected chi connectivity index (χ0v) is 22.6. The predicted molar refractivity (Wildman–Crippen MR) is 148 cm³/mol. The van der Waals surface area contributed by atoms with Crippen molar-refractivity contribution in [1.82, 2.24) is 4.57 Å². The highest BCUT2D eigenvalue weighted by molar-refractivity contribution is 7.92. The number of nitrogens with one attached hydrogen (secondary N) is 1. The molecule has 3 aromatic rings. The zero-order valence-electron chi connectivity index (χ0n) is 21.8. The SMILES string of the molecule is CC(C)OC(=O)Nc1ccc(-c2c(C#N)c3ccc(OCC[S+]([O-])C4CCOC4)cc3n2C2CCC2)cc1. The summed E-state index contributed by atoms with van der Waals surface area (Å²) in [6.45, 7) is 5.21. The highest BCUT2D eigenvalue weighted by Gasteiger charge is 2.29. The van der Waals surface area contributed by atoms with Gasteiger partial charge in [-0.15, -0.1) is 0 Å². The molecule has 1 aliphatic heterocycles. The summed E-state index contributed by atoms with van der Waals surface area (Å²) in [4.78, 5) is 12.0. The van der Waals surface area contributed by atoms with Crippen molar-refractivity contribution in [3.8, 4) is 23.1 Å². The van der Waals surface area contributed by atoms with Gasteiger partial charge >= 0.3 is 6.09 Å². The highest BCUT2D eigenvalue weighted by atomic mass is 32.2. The Morgan fingerprint density at radius 1 is 1.24 bits per heavy atom. The number of aromatic nitrogens is 1. The van der Waals surface area contributed by atoms with Crippen LogP contribution in [-0.2, 0) is 20.6 Å². The van der Waals surface area contributed by atoms with Crippen LogP contribution in [-0.4, -0.2) is 52.1 Å². The fourth-order valence-electron chi connectivity index (χ4n) is 5.00. The number of carbonyl (C=O) groups excluding carboxylic acids is 1. The van der Waals surface area contributed by atoms with Crippen LogP contribution in [0.15, 0.2) is 42.5 Å². The number of nitriles is 1. The van der Waals surface area contributed by atoms with E-state index in [0.717, 1.165) is 47.8 Å². The number of fused-ring (bicyclic) bond motifs is 1. The predicted octanol–water partition coefficient (Wildman–Crippen LogP) is 5.78. The first kappa shape index (κ1) is 26.4. The van der Waals surface area contributed by atoms with Crippen molar-refractivity contribution in [3.63, 3.8) is 0 Å². The largest absolute Gasteiger partial charge is 0.616 e. The molecule has 1 amide bonds. The molecule has 2 atom stereocenters. The summed E-state index contributed by atoms with van der Waals surface area (Å²) >= 11 is -0.967. The number of ether oxygens (including phenoxy) is 3. The van der Waals surface area contributed by atoms with Gasteiger partial charge < -0.3 is 23.3 Å². The maximum atomic E-state index is 12.5. The summed E-state index contributed by atoms with van der Waals surface area (Å²) in [7, 11) is 0. The van der Waals surface area contributed by atoms with Crippen molar-refractivity contribution in [2.75, 3.05) is 30.9 Å². The summed E-state index contributed by atoms with van der Waals surface area (Å²) in [5.74, 6) is 1.17. The van der Waals surface area contributed by atoms with Crippen LogP contribution in [0.5, 0.6) is 5.75 Å². The number of nitrogens with zero attached hydrogens (tertiary/aromatic N) is 2. The van der Waals surface area contributed by atoms with Crippen LogP contribution in [0.2, 0.25) is 0 Å². The molecule has 2 heterocycles. The van der Waals surface area contributed by atoms with Gasteiger partial charge in [0, 0.05) is 29.6 Å². The van der Waals surface area contributed by atoms with E-state index in [4.69, 9.17) is 14.2 Å². The molecule has 2 aromatic carbocycles. The summed E-state index contributed by atoms with van der Waals surface area (Å²) in [6, 6.07) is 16.1. The van der Waals surface area contributed by atoms with Crippen LogP contribution in [0, 0.1) is 11.3 Å². The molecule has 0 bridgehead atoms. The molecular formula is C29H33N3O5S. The van der Waals surface area contributed by atoms with E-state index in [2.05, 4.69) is 16.0 Å². The molecule has 1 N–H and O–H groups in total. The molecule has 38 heavy (non-hydrogen) atoms. The maximum Gasteiger partial charge on any atom is 0.411 e. The second kappa shape index (κ2) is 11.7. The topological polar surface area (TPSA) is 109 Å². The van der Waals surface area contributed by atoms with Crippen molar-refractivity contribution in [3.05, 3.63) is 48.0 Å². The fraction of sp³-hybridized carbons (Fsp3) is 0.448. The van der Waals surface area contributed by atoms with Gasteiger partial charge in [0.05, 0.1) is 36.1 Å². The summed E-state index contributed by atoms with van der Waals surface area (Å²) in [5, 5.41) is 13.9. The molecule has 9 heteroatoms. The Kier molecular flexibility index (Phi) is 8.12. The zero-order chi connectivity index (χ0) is 26.6. The summed E-state index contributed by atoms with van der Waals surface area (Å²) < 4.78 is 31.3. The smallest absolute Gasteiger partial charge is 0.411 e. The molecule has 200 valence electrons. The van der Waals surface area contributed by atoms with Gasteiger partial charge in [-0.3, -0.25) is 5.32 Å². The van der Waals surface area contributed by atoms with Crippen molar-refractivity contribution in [1.29, 1.82) is 5.26 Å². The molecule has 2 fully saturated rings. The first-order chi connectivity index (χ1) is 18.4. The normalized spacial score (nSPS) is 18.2. The van der Waals surface area contributed by atoms with E-state index in [-0.39, 0.29) is 11.4 Å².